The van der Waals surface area contributed by atoms with E-state index in [0.717, 1.165) is 0 Å². The van der Waals surface area contributed by atoms with Crippen LogP contribution in [0.1, 0.15) is 13.8 Å². The maximum Gasteiger partial charge on any atom is 0.126 e. The Morgan fingerprint density at radius 2 is 2.11 bits per heavy atom. The van der Waals surface area contributed by atoms with Gasteiger partial charge in [-0.05, 0) is 6.92 Å². The van der Waals surface area contributed by atoms with Crippen LogP contribution in [-0.4, -0.2) is 11.0 Å². The van der Waals surface area contributed by atoms with E-state index >= 15 is 0 Å². The fraction of sp³-hybridized carbons (Fsp3) is 0.800. The van der Waals surface area contributed by atoms with Gasteiger partial charge in [0.1, 0.15) is 5.25 Å². The number of hydrogen-bond acceptors (Lipinski definition) is 1. The zero-order valence-corrected chi connectivity index (χ0v) is 6.21. The van der Waals surface area contributed by atoms with Crippen LogP contribution < -0.4 is 0 Å². The van der Waals surface area contributed by atoms with Gasteiger partial charge in [-0.2, -0.15) is 13.0 Å². The molecule has 0 aliphatic rings. The third-order valence-corrected chi connectivity index (χ3v) is 2.99. The summed E-state index contributed by atoms with van der Waals surface area (Å²) in [6.07, 6.45) is 0. The molecular formula is C5H9F2NS. The topological polar surface area (TPSA) is 23.8 Å². The fourth-order valence-electron chi connectivity index (χ4n) is 0.327. The van der Waals surface area contributed by atoms with E-state index in [2.05, 4.69) is 0 Å². The molecule has 0 radical (unpaired) electrons. The van der Waals surface area contributed by atoms with Gasteiger partial charge in [-0.3, -0.25) is 0 Å². The Kier molecular flexibility index (Phi) is 2.92. The number of nitrogens with zero attached hydrogens (tertiary/aromatic N) is 1. The van der Waals surface area contributed by atoms with Gasteiger partial charge in [0.15, 0.2) is 0 Å². The largest absolute Gasteiger partial charge is 0.197 e. The van der Waals surface area contributed by atoms with Gasteiger partial charge in [-0.1, -0.05) is 6.92 Å². The van der Waals surface area contributed by atoms with Crippen molar-refractivity contribution in [3.8, 4) is 6.07 Å². The van der Waals surface area contributed by atoms with Crippen LogP contribution in [0.15, 0.2) is 0 Å². The first-order chi connectivity index (χ1) is 4.04. The van der Waals surface area contributed by atoms with E-state index in [1.165, 1.54) is 13.8 Å². The molecule has 1 atom stereocenters. The van der Waals surface area contributed by atoms with Crippen molar-refractivity contribution in [2.24, 2.45) is 0 Å². The summed E-state index contributed by atoms with van der Waals surface area (Å²) in [5, 5.41) is 7.01. The molecule has 0 saturated heterocycles. The predicted octanol–water partition coefficient (Wildman–Crippen LogP) is 2.49. The average molecular weight is 153 g/mol. The van der Waals surface area contributed by atoms with E-state index in [1.807, 2.05) is 0 Å². The standard InChI is InChI=1S/C5H9F2NS/c1-3-9(6,7)5(2)4-8/h5H,3H2,1-2H3. The predicted molar refractivity (Wildman–Crippen MR) is 35.4 cm³/mol. The maximum atomic E-state index is 12.4. The molecule has 0 saturated carbocycles. The first-order valence-electron chi connectivity index (χ1n) is 2.63. The molecule has 0 N–H and O–H groups in total. The lowest BCUT2D eigenvalue weighted by molar-refractivity contribution is 0.729. The van der Waals surface area contributed by atoms with Gasteiger partial charge in [0.2, 0.25) is 0 Å². The molecule has 1 nitrogen and oxygen atoms in total. The van der Waals surface area contributed by atoms with Crippen LogP contribution in [0, 0.1) is 11.3 Å². The Bertz CT molecular complexity index is 129. The molecule has 4 heteroatoms. The maximum absolute atomic E-state index is 12.4. The van der Waals surface area contributed by atoms with Crippen molar-refractivity contribution in [1.29, 1.82) is 5.26 Å². The lowest BCUT2D eigenvalue weighted by atomic mass is 10.5. The highest BCUT2D eigenvalue weighted by Crippen LogP contribution is 2.55. The molecule has 0 heterocycles. The monoisotopic (exact) mass is 153 g/mol. The molecule has 0 aliphatic carbocycles. The van der Waals surface area contributed by atoms with Crippen LogP contribution in [0.25, 0.3) is 0 Å². The van der Waals surface area contributed by atoms with Crippen molar-refractivity contribution in [3.05, 3.63) is 0 Å². The summed E-state index contributed by atoms with van der Waals surface area (Å²) in [4.78, 5) is 0. The molecule has 0 amide bonds. The molecule has 0 aromatic carbocycles. The highest BCUT2D eigenvalue weighted by atomic mass is 32.3. The highest BCUT2D eigenvalue weighted by Gasteiger charge is 2.27. The number of rotatable bonds is 2. The second-order valence-corrected chi connectivity index (χ2v) is 4.21. The summed E-state index contributed by atoms with van der Waals surface area (Å²) >= 11 is 0. The third-order valence-electron chi connectivity index (χ3n) is 1.08. The Hall–Kier alpha value is -0.300. The molecule has 0 aromatic rings. The molecule has 0 fully saturated rings. The van der Waals surface area contributed by atoms with Crippen LogP contribution in [0.4, 0.5) is 7.77 Å². The van der Waals surface area contributed by atoms with Crippen molar-refractivity contribution in [1.82, 2.24) is 0 Å². The molecule has 0 aromatic heterocycles. The molecule has 9 heavy (non-hydrogen) atoms. The van der Waals surface area contributed by atoms with E-state index < -0.39 is 16.0 Å². The summed E-state index contributed by atoms with van der Waals surface area (Å²) in [6.45, 7) is 2.67. The SMILES string of the molecule is CCS(F)(F)C(C)C#N. The van der Waals surface area contributed by atoms with E-state index in [9.17, 15) is 7.77 Å². The van der Waals surface area contributed by atoms with E-state index in [-0.39, 0.29) is 5.75 Å². The van der Waals surface area contributed by atoms with Gasteiger partial charge < -0.3 is 0 Å². The lowest BCUT2D eigenvalue weighted by Crippen LogP contribution is -2.05. The fourth-order valence-corrected chi connectivity index (χ4v) is 0.981. The Morgan fingerprint density at radius 3 is 2.22 bits per heavy atom. The Balaban J connectivity index is 4.01. The number of hydrogen-bond donors (Lipinski definition) is 0. The van der Waals surface area contributed by atoms with E-state index in [4.69, 9.17) is 5.26 Å². The third kappa shape index (κ3) is 2.19. The van der Waals surface area contributed by atoms with Gasteiger partial charge in [0.05, 0.1) is 16.9 Å². The quantitative estimate of drug-likeness (QED) is 0.598. The first-order valence-corrected chi connectivity index (χ1v) is 4.30. The van der Waals surface area contributed by atoms with Crippen LogP contribution in [0.3, 0.4) is 0 Å². The average Bonchev–Trinajstić information content (AvgIpc) is 1.86. The van der Waals surface area contributed by atoms with Crippen molar-refractivity contribution in [3.63, 3.8) is 0 Å². The van der Waals surface area contributed by atoms with Gasteiger partial charge in [0, 0.05) is 5.75 Å². The molecule has 0 aliphatic heterocycles. The van der Waals surface area contributed by atoms with Crippen molar-refractivity contribution in [2.75, 3.05) is 5.75 Å². The Morgan fingerprint density at radius 1 is 1.67 bits per heavy atom. The molecule has 0 bridgehead atoms. The zero-order chi connectivity index (χ0) is 7.49. The van der Waals surface area contributed by atoms with Crippen LogP contribution in [0.5, 0.6) is 0 Å². The van der Waals surface area contributed by atoms with Gasteiger partial charge in [-0.15, -0.1) is 0 Å². The van der Waals surface area contributed by atoms with Crippen molar-refractivity contribution in [2.45, 2.75) is 19.1 Å². The van der Waals surface area contributed by atoms with Crippen LogP contribution in [0.2, 0.25) is 0 Å². The zero-order valence-electron chi connectivity index (χ0n) is 5.40. The normalized spacial score (nSPS) is 16.3. The second kappa shape index (κ2) is 3.02. The number of halogens is 2. The first kappa shape index (κ1) is 8.70. The summed E-state index contributed by atoms with van der Waals surface area (Å²) in [6, 6.07) is 1.54. The van der Waals surface area contributed by atoms with Gasteiger partial charge in [-0.25, -0.2) is 0 Å². The summed E-state index contributed by atoms with van der Waals surface area (Å²) in [7, 11) is -3.61. The molecule has 0 rings (SSSR count). The molecule has 54 valence electrons. The van der Waals surface area contributed by atoms with E-state index in [0.29, 0.717) is 0 Å². The molecule has 1 unspecified atom stereocenters. The Labute approximate surface area is 55.6 Å². The van der Waals surface area contributed by atoms with Crippen LogP contribution in [-0.2, 0) is 0 Å². The minimum Gasteiger partial charge on any atom is -0.197 e. The summed E-state index contributed by atoms with van der Waals surface area (Å²) in [5.41, 5.74) is 0. The van der Waals surface area contributed by atoms with Crippen molar-refractivity contribution >= 4 is 10.8 Å². The van der Waals surface area contributed by atoms with Crippen molar-refractivity contribution < 1.29 is 7.77 Å². The highest BCUT2D eigenvalue weighted by molar-refractivity contribution is 8.25. The second-order valence-electron chi connectivity index (χ2n) is 1.68. The minimum atomic E-state index is -3.61. The molecule has 0 spiro atoms. The lowest BCUT2D eigenvalue weighted by Gasteiger charge is -2.20. The van der Waals surface area contributed by atoms with Gasteiger partial charge in [0.25, 0.3) is 0 Å². The molecular weight excluding hydrogens is 144 g/mol. The number of nitriles is 1. The van der Waals surface area contributed by atoms with Crippen LogP contribution >= 0.6 is 10.8 Å². The van der Waals surface area contributed by atoms with Gasteiger partial charge >= 0.3 is 0 Å². The smallest absolute Gasteiger partial charge is 0.126 e. The summed E-state index contributed by atoms with van der Waals surface area (Å²) < 4.78 is 24.8. The van der Waals surface area contributed by atoms with E-state index in [1.54, 1.807) is 6.07 Å². The summed E-state index contributed by atoms with van der Waals surface area (Å²) in [5.74, 6) is -0.179. The minimum absolute atomic E-state index is 0.179.